The van der Waals surface area contributed by atoms with E-state index < -0.39 is 0 Å². The van der Waals surface area contributed by atoms with Gasteiger partial charge in [0.15, 0.2) is 0 Å². The highest BCUT2D eigenvalue weighted by Crippen LogP contribution is 2.23. The molecule has 0 radical (unpaired) electrons. The number of hydrogen-bond acceptors (Lipinski definition) is 4. The van der Waals surface area contributed by atoms with E-state index in [1.54, 1.807) is 0 Å². The lowest BCUT2D eigenvalue weighted by atomic mass is 10.1. The van der Waals surface area contributed by atoms with E-state index in [-0.39, 0.29) is 0 Å². The zero-order valence-corrected chi connectivity index (χ0v) is 16.7. The van der Waals surface area contributed by atoms with Crippen LogP contribution in [0, 0.1) is 6.92 Å². The van der Waals surface area contributed by atoms with Crippen molar-refractivity contribution in [3.63, 3.8) is 0 Å². The van der Waals surface area contributed by atoms with Crippen molar-refractivity contribution in [1.29, 1.82) is 0 Å². The molecule has 146 valence electrons. The molecule has 1 aliphatic rings. The van der Waals surface area contributed by atoms with Crippen molar-refractivity contribution in [2.75, 3.05) is 38.3 Å². The van der Waals surface area contributed by atoms with Crippen LogP contribution in [0.25, 0.3) is 5.69 Å². The van der Waals surface area contributed by atoms with Crippen LogP contribution in [-0.2, 0) is 17.8 Å². The van der Waals surface area contributed by atoms with Gasteiger partial charge in [0.05, 0.1) is 25.1 Å². The number of morpholine rings is 1. The quantitative estimate of drug-likeness (QED) is 0.658. The van der Waals surface area contributed by atoms with Gasteiger partial charge in [0.1, 0.15) is 0 Å². The Bertz CT molecular complexity index is 897. The average molecular weight is 377 g/mol. The molecule has 0 unspecified atom stereocenters. The molecule has 2 heterocycles. The summed E-state index contributed by atoms with van der Waals surface area (Å²) in [5, 5.41) is 4.54. The summed E-state index contributed by atoms with van der Waals surface area (Å²) in [6.07, 6.45) is 4.08. The van der Waals surface area contributed by atoms with Crippen LogP contribution in [0.1, 0.15) is 16.7 Å². The van der Waals surface area contributed by atoms with Gasteiger partial charge in [-0.15, -0.1) is 0 Å². The summed E-state index contributed by atoms with van der Waals surface area (Å²) in [6.45, 7) is 7.41. The molecular weight excluding hydrogens is 348 g/mol. The number of ether oxygens (including phenoxy) is 1. The van der Waals surface area contributed by atoms with Gasteiger partial charge in [-0.3, -0.25) is 4.90 Å². The molecule has 0 amide bonds. The number of aryl methyl sites for hydroxylation is 1. The second kappa shape index (κ2) is 8.59. The van der Waals surface area contributed by atoms with Crippen molar-refractivity contribution >= 4 is 5.69 Å². The zero-order valence-electron chi connectivity index (χ0n) is 16.7. The summed E-state index contributed by atoms with van der Waals surface area (Å²) in [5.74, 6) is 0. The first-order valence-electron chi connectivity index (χ1n) is 9.89. The SMILES string of the molecule is Cc1ccc(-n2cc(CN(C)Cc3ccccc3N3CCOCC3)cn2)cc1. The topological polar surface area (TPSA) is 33.5 Å². The van der Waals surface area contributed by atoms with Gasteiger partial charge in [-0.25, -0.2) is 4.68 Å². The second-order valence-electron chi connectivity index (χ2n) is 7.53. The van der Waals surface area contributed by atoms with E-state index in [1.165, 1.54) is 22.4 Å². The molecule has 3 aromatic rings. The van der Waals surface area contributed by atoms with E-state index in [4.69, 9.17) is 4.74 Å². The molecule has 0 saturated carbocycles. The maximum Gasteiger partial charge on any atom is 0.0645 e. The Hall–Kier alpha value is -2.63. The van der Waals surface area contributed by atoms with E-state index in [9.17, 15) is 0 Å². The lowest BCUT2D eigenvalue weighted by molar-refractivity contribution is 0.122. The van der Waals surface area contributed by atoms with Gasteiger partial charge in [0, 0.05) is 43.6 Å². The van der Waals surface area contributed by atoms with Gasteiger partial charge in [0.2, 0.25) is 0 Å². The highest BCUT2D eigenvalue weighted by molar-refractivity contribution is 5.54. The van der Waals surface area contributed by atoms with Crippen molar-refractivity contribution in [2.45, 2.75) is 20.0 Å². The largest absolute Gasteiger partial charge is 0.378 e. The molecule has 0 spiro atoms. The van der Waals surface area contributed by atoms with Crippen LogP contribution >= 0.6 is 0 Å². The molecule has 4 rings (SSSR count). The Morgan fingerprint density at radius 2 is 1.75 bits per heavy atom. The van der Waals surface area contributed by atoms with Crippen molar-refractivity contribution in [1.82, 2.24) is 14.7 Å². The third kappa shape index (κ3) is 4.43. The van der Waals surface area contributed by atoms with E-state index in [1.807, 2.05) is 10.9 Å². The molecule has 0 aliphatic carbocycles. The number of rotatable bonds is 6. The molecule has 28 heavy (non-hydrogen) atoms. The first kappa shape index (κ1) is 18.7. The minimum absolute atomic E-state index is 0.808. The number of para-hydroxylation sites is 1. The molecule has 0 bridgehead atoms. The summed E-state index contributed by atoms with van der Waals surface area (Å²) in [5.41, 5.74) is 6.25. The summed E-state index contributed by atoms with van der Waals surface area (Å²) in [4.78, 5) is 4.78. The molecule has 1 aromatic heterocycles. The maximum absolute atomic E-state index is 5.51. The Morgan fingerprint density at radius 1 is 1.00 bits per heavy atom. The van der Waals surface area contributed by atoms with E-state index in [0.29, 0.717) is 0 Å². The van der Waals surface area contributed by atoms with Crippen molar-refractivity contribution in [3.8, 4) is 5.69 Å². The molecule has 5 heteroatoms. The molecular formula is C23H28N4O. The number of benzene rings is 2. The van der Waals surface area contributed by atoms with Crippen molar-refractivity contribution in [2.24, 2.45) is 0 Å². The number of hydrogen-bond donors (Lipinski definition) is 0. The van der Waals surface area contributed by atoms with Crippen molar-refractivity contribution < 1.29 is 4.74 Å². The highest BCUT2D eigenvalue weighted by atomic mass is 16.5. The van der Waals surface area contributed by atoms with E-state index in [2.05, 4.69) is 83.6 Å². The smallest absolute Gasteiger partial charge is 0.0645 e. The van der Waals surface area contributed by atoms with Gasteiger partial charge >= 0.3 is 0 Å². The fourth-order valence-corrected chi connectivity index (χ4v) is 3.70. The molecule has 5 nitrogen and oxygen atoms in total. The summed E-state index contributed by atoms with van der Waals surface area (Å²) in [6, 6.07) is 17.2. The van der Waals surface area contributed by atoms with Crippen LogP contribution in [0.4, 0.5) is 5.69 Å². The van der Waals surface area contributed by atoms with Crippen LogP contribution in [0.5, 0.6) is 0 Å². The molecule has 2 aromatic carbocycles. The van der Waals surface area contributed by atoms with Gasteiger partial charge < -0.3 is 9.64 Å². The van der Waals surface area contributed by atoms with Crippen LogP contribution in [-0.4, -0.2) is 48.0 Å². The minimum atomic E-state index is 0.808. The van der Waals surface area contributed by atoms with Gasteiger partial charge in [0.25, 0.3) is 0 Å². The normalized spacial score (nSPS) is 14.6. The average Bonchev–Trinajstić information content (AvgIpc) is 3.18. The first-order chi connectivity index (χ1) is 13.7. The standard InChI is InChI=1S/C23H28N4O/c1-19-7-9-22(10-8-19)27-17-20(15-24-27)16-25(2)18-21-5-3-4-6-23(21)26-11-13-28-14-12-26/h3-10,15,17H,11-14,16,18H2,1-2H3. The Balaban J connectivity index is 1.42. The number of anilines is 1. The summed E-state index contributed by atoms with van der Waals surface area (Å²) >= 11 is 0. The lowest BCUT2D eigenvalue weighted by Crippen LogP contribution is -2.37. The third-order valence-corrected chi connectivity index (χ3v) is 5.17. The number of nitrogens with zero attached hydrogens (tertiary/aromatic N) is 4. The predicted octanol–water partition coefficient (Wildman–Crippen LogP) is 3.65. The maximum atomic E-state index is 5.51. The Morgan fingerprint density at radius 3 is 2.54 bits per heavy atom. The Kier molecular flexibility index (Phi) is 5.74. The summed E-state index contributed by atoms with van der Waals surface area (Å²) in [7, 11) is 2.17. The molecule has 1 saturated heterocycles. The third-order valence-electron chi connectivity index (χ3n) is 5.17. The van der Waals surface area contributed by atoms with Gasteiger partial charge in [-0.1, -0.05) is 35.9 Å². The lowest BCUT2D eigenvalue weighted by Gasteiger charge is -2.31. The molecule has 0 N–H and O–H groups in total. The van der Waals surface area contributed by atoms with Gasteiger partial charge in [-0.05, 0) is 37.7 Å². The summed E-state index contributed by atoms with van der Waals surface area (Å²) < 4.78 is 7.45. The predicted molar refractivity (Wildman–Crippen MR) is 113 cm³/mol. The fraction of sp³-hybridized carbons (Fsp3) is 0.348. The number of aromatic nitrogens is 2. The minimum Gasteiger partial charge on any atom is -0.378 e. The van der Waals surface area contributed by atoms with E-state index in [0.717, 1.165) is 45.1 Å². The van der Waals surface area contributed by atoms with E-state index >= 15 is 0 Å². The van der Waals surface area contributed by atoms with Gasteiger partial charge in [-0.2, -0.15) is 5.10 Å². The molecule has 1 fully saturated rings. The second-order valence-corrected chi connectivity index (χ2v) is 7.53. The molecule has 1 aliphatic heterocycles. The molecule has 0 atom stereocenters. The van der Waals surface area contributed by atoms with Crippen LogP contribution in [0.15, 0.2) is 60.9 Å². The zero-order chi connectivity index (χ0) is 19.3. The first-order valence-corrected chi connectivity index (χ1v) is 9.89. The Labute approximate surface area is 167 Å². The monoisotopic (exact) mass is 376 g/mol. The van der Waals surface area contributed by atoms with Crippen LogP contribution < -0.4 is 4.90 Å². The van der Waals surface area contributed by atoms with Crippen LogP contribution in [0.3, 0.4) is 0 Å². The fourth-order valence-electron chi connectivity index (χ4n) is 3.70. The van der Waals surface area contributed by atoms with Crippen LogP contribution in [0.2, 0.25) is 0 Å². The highest BCUT2D eigenvalue weighted by Gasteiger charge is 2.15. The van der Waals surface area contributed by atoms with Crippen molar-refractivity contribution in [3.05, 3.63) is 77.6 Å².